The van der Waals surface area contributed by atoms with E-state index in [0.717, 1.165) is 0 Å². The van der Waals surface area contributed by atoms with E-state index in [2.05, 4.69) is 56.4 Å². The maximum absolute atomic E-state index is 2.54. The summed E-state index contributed by atoms with van der Waals surface area (Å²) in [6.45, 7) is 4.58. The number of hydrogen-bond acceptors (Lipinski definition) is 0. The van der Waals surface area contributed by atoms with Crippen LogP contribution in [-0.2, 0) is 28.1 Å². The third kappa shape index (κ3) is 10.5. The fourth-order valence-corrected chi connectivity index (χ4v) is 5.85. The van der Waals surface area contributed by atoms with Crippen molar-refractivity contribution in [3.05, 3.63) is 48.1 Å². The van der Waals surface area contributed by atoms with Crippen molar-refractivity contribution in [2.75, 3.05) is 0 Å². The average molecular weight is 454 g/mol. The van der Waals surface area contributed by atoms with Crippen molar-refractivity contribution in [2.45, 2.75) is 70.3 Å². The first-order valence-corrected chi connectivity index (χ1v) is 10.3. The van der Waals surface area contributed by atoms with E-state index in [0.29, 0.717) is 5.04 Å². The normalized spacial score (nSPS) is 18.2. The molecule has 0 heterocycles. The van der Waals surface area contributed by atoms with Crippen LogP contribution in [0.5, 0.6) is 0 Å². The van der Waals surface area contributed by atoms with Crippen molar-refractivity contribution >= 4 is 14.7 Å². The summed E-state index contributed by atoms with van der Waals surface area (Å²) < 4.78 is 0. The van der Waals surface area contributed by atoms with Gasteiger partial charge in [-0.15, -0.1) is 0 Å². The molecule has 25 heavy (non-hydrogen) atoms. The van der Waals surface area contributed by atoms with E-state index in [1.54, 1.807) is 10.8 Å². The zero-order chi connectivity index (χ0) is 15.0. The quantitative estimate of drug-likeness (QED) is 0.202. The Bertz CT molecular complexity index is 485. The van der Waals surface area contributed by atoms with Crippen LogP contribution in [0.1, 0.15) is 64.4 Å². The monoisotopic (exact) mass is 452 g/mol. The molecule has 0 saturated heterocycles. The largest absolute Gasteiger partial charge is 4.00 e. The van der Waals surface area contributed by atoms with Crippen LogP contribution < -0.4 is 42.4 Å². The van der Waals surface area contributed by atoms with Gasteiger partial charge in [-0.2, -0.15) is 22.9 Å². The average Bonchev–Trinajstić information content (AvgIpc) is 2.93. The van der Waals surface area contributed by atoms with Crippen LogP contribution in [-0.4, -0.2) is 9.52 Å². The summed E-state index contributed by atoms with van der Waals surface area (Å²) in [6, 6.07) is 7.31. The molecule has 1 atom stereocenters. The summed E-state index contributed by atoms with van der Waals surface area (Å²) in [7, 11) is -0.232. The number of hydrogen-bond donors (Lipinski definition) is 0. The molecule has 1 unspecified atom stereocenters. The van der Waals surface area contributed by atoms with Crippen LogP contribution >= 0.6 is 0 Å². The number of halogens is 3. The summed E-state index contributed by atoms with van der Waals surface area (Å²) in [5, 5.41) is 2.19. The van der Waals surface area contributed by atoms with Gasteiger partial charge in [-0.1, -0.05) is 76.7 Å². The van der Waals surface area contributed by atoms with Crippen molar-refractivity contribution < 1.29 is 58.9 Å². The fraction of sp³-hybridized carbons (Fsp3) is 0.550. The minimum Gasteiger partial charge on any atom is -1.00 e. The molecule has 2 rings (SSSR count). The third-order valence-electron chi connectivity index (χ3n) is 4.76. The molecule has 0 spiro atoms. The maximum atomic E-state index is 2.54. The maximum Gasteiger partial charge on any atom is 4.00 e. The van der Waals surface area contributed by atoms with E-state index < -0.39 is 0 Å². The predicted molar refractivity (Wildman–Crippen MR) is 98.6 cm³/mol. The van der Waals surface area contributed by atoms with Gasteiger partial charge in [0.2, 0.25) is 0 Å². The molecular weight excluding hydrogens is 423 g/mol. The Morgan fingerprint density at radius 2 is 1.76 bits per heavy atom. The zero-order valence-corrected chi connectivity index (χ0v) is 20.8. The molecule has 0 aromatic heterocycles. The van der Waals surface area contributed by atoms with Gasteiger partial charge in [0.25, 0.3) is 0 Å². The molecule has 1 aromatic carbocycles. The van der Waals surface area contributed by atoms with Gasteiger partial charge in [0.15, 0.2) is 0 Å². The summed E-state index contributed by atoms with van der Waals surface area (Å²) in [4.78, 5) is 0. The van der Waals surface area contributed by atoms with Crippen LogP contribution in [0.3, 0.4) is 0 Å². The first-order valence-electron chi connectivity index (χ1n) is 8.87. The minimum absolute atomic E-state index is 0. The van der Waals surface area contributed by atoms with Gasteiger partial charge in [-0.05, 0) is 17.9 Å². The number of allylic oxidation sites excluding steroid dienone is 4. The molecule has 0 nitrogen and oxygen atoms in total. The molecule has 0 saturated carbocycles. The Hall–Kier alpha value is 0.631. The molecule has 140 valence electrons. The number of rotatable bonds is 9. The van der Waals surface area contributed by atoms with Crippen LogP contribution in [0.15, 0.2) is 42.5 Å². The predicted octanol–water partition coefficient (Wildman–Crippen LogP) is -4.19. The Kier molecular flexibility index (Phi) is 20.4. The van der Waals surface area contributed by atoms with Crippen LogP contribution in [0.4, 0.5) is 0 Å². The van der Waals surface area contributed by atoms with Crippen molar-refractivity contribution in [1.29, 1.82) is 0 Å². The second-order valence-corrected chi connectivity index (χ2v) is 9.30. The van der Waals surface area contributed by atoms with Gasteiger partial charge < -0.3 is 37.2 Å². The fourth-order valence-electron chi connectivity index (χ4n) is 3.44. The topological polar surface area (TPSA) is 0 Å². The number of aryl methyl sites for hydroxylation is 1. The molecule has 0 radical (unpaired) electrons. The van der Waals surface area contributed by atoms with Crippen molar-refractivity contribution in [3.63, 3.8) is 0 Å². The van der Waals surface area contributed by atoms with Crippen LogP contribution in [0.2, 0.25) is 5.04 Å². The first kappa shape index (κ1) is 30.4. The SMILES string of the molecule is CCCCCC1([SiH2][c-]2ccc(CCCC)c2)C=CC=CC1.[Cl-].[Cl-].[Cl-].[Ti+4]. The summed E-state index contributed by atoms with van der Waals surface area (Å²) >= 11 is 0. The molecule has 0 fully saturated rings. The molecule has 1 aliphatic carbocycles. The molecule has 5 heteroatoms. The Morgan fingerprint density at radius 3 is 2.36 bits per heavy atom. The Morgan fingerprint density at radius 1 is 1.04 bits per heavy atom. The van der Waals surface area contributed by atoms with Gasteiger partial charge in [-0.25, -0.2) is 6.07 Å². The molecule has 0 amide bonds. The summed E-state index contributed by atoms with van der Waals surface area (Å²) in [5.41, 5.74) is 1.57. The van der Waals surface area contributed by atoms with Gasteiger partial charge >= 0.3 is 21.7 Å². The molecule has 0 aliphatic heterocycles. The van der Waals surface area contributed by atoms with E-state index in [9.17, 15) is 0 Å². The van der Waals surface area contributed by atoms with Crippen molar-refractivity contribution in [1.82, 2.24) is 0 Å². The zero-order valence-electron chi connectivity index (χ0n) is 15.5. The van der Waals surface area contributed by atoms with Crippen LogP contribution in [0, 0.1) is 0 Å². The summed E-state index contributed by atoms with van der Waals surface area (Å²) in [5.74, 6) is 0. The Labute approximate surface area is 191 Å². The molecule has 0 N–H and O–H groups in total. The van der Waals surface area contributed by atoms with E-state index in [1.165, 1.54) is 51.4 Å². The molecule has 0 bridgehead atoms. The van der Waals surface area contributed by atoms with Gasteiger partial charge in [-0.3, -0.25) is 0 Å². The Balaban J connectivity index is -0.00000121. The first-order chi connectivity index (χ1) is 10.3. The molecular formula is C20H31Cl3SiTi. The molecule has 1 aromatic rings. The van der Waals surface area contributed by atoms with E-state index in [-0.39, 0.29) is 68.5 Å². The van der Waals surface area contributed by atoms with Gasteiger partial charge in [0.05, 0.1) is 0 Å². The number of unbranched alkanes of at least 4 members (excludes halogenated alkanes) is 3. The van der Waals surface area contributed by atoms with E-state index in [4.69, 9.17) is 0 Å². The smallest absolute Gasteiger partial charge is 1.00 e. The third-order valence-corrected chi connectivity index (χ3v) is 7.19. The second-order valence-electron chi connectivity index (χ2n) is 6.72. The minimum atomic E-state index is -0.232. The van der Waals surface area contributed by atoms with Crippen LogP contribution in [0.25, 0.3) is 0 Å². The summed E-state index contributed by atoms with van der Waals surface area (Å²) in [6.07, 6.45) is 20.1. The standard InChI is InChI=1S/C20H31Si.3ClH.Ti/c1-3-5-8-14-20(15-9-7-10-16-20)21-19-13-12-18(17-19)11-6-4-2;;;;/h7,9-10,12-13,15,17H,3-6,8,11,14,16,21H2,1-2H3;3*1H;/q-1;;;;+4/p-3. The van der Waals surface area contributed by atoms with Gasteiger partial charge in [0.1, 0.15) is 0 Å². The van der Waals surface area contributed by atoms with E-state index >= 15 is 0 Å². The molecule has 1 aliphatic rings. The van der Waals surface area contributed by atoms with E-state index in [1.807, 2.05) is 0 Å². The second kappa shape index (κ2) is 16.8. The van der Waals surface area contributed by atoms with Gasteiger partial charge in [0, 0.05) is 9.52 Å². The van der Waals surface area contributed by atoms with Crippen molar-refractivity contribution in [3.8, 4) is 0 Å². The van der Waals surface area contributed by atoms with Crippen molar-refractivity contribution in [2.24, 2.45) is 0 Å².